The van der Waals surface area contributed by atoms with Crippen LogP contribution >= 0.6 is 0 Å². The van der Waals surface area contributed by atoms with Crippen molar-refractivity contribution in [3.63, 3.8) is 0 Å². The first kappa shape index (κ1) is 21.4. The summed E-state index contributed by atoms with van der Waals surface area (Å²) < 4.78 is 20.9. The van der Waals surface area contributed by atoms with Gasteiger partial charge in [-0.25, -0.2) is 4.98 Å². The highest BCUT2D eigenvalue weighted by atomic mass is 16.6. The van der Waals surface area contributed by atoms with Gasteiger partial charge in [-0.1, -0.05) is 36.4 Å². The highest BCUT2D eigenvalue weighted by molar-refractivity contribution is 5.85. The van der Waals surface area contributed by atoms with Gasteiger partial charge in [-0.15, -0.1) is 0 Å². The number of fused-ring (bicyclic) bond motifs is 3. The first-order valence-electron chi connectivity index (χ1n) is 10.7. The molecule has 0 saturated carbocycles. The van der Waals surface area contributed by atoms with Crippen LogP contribution in [-0.2, 0) is 21.3 Å². The van der Waals surface area contributed by atoms with E-state index in [1.54, 1.807) is 0 Å². The summed E-state index contributed by atoms with van der Waals surface area (Å²) in [6.07, 6.45) is -1.59. The van der Waals surface area contributed by atoms with Crippen LogP contribution in [0.5, 0.6) is 5.75 Å². The molecule has 1 aliphatic heterocycles. The van der Waals surface area contributed by atoms with Crippen LogP contribution in [-0.4, -0.2) is 28.2 Å². The zero-order chi connectivity index (χ0) is 22.3. The van der Waals surface area contributed by atoms with Crippen molar-refractivity contribution in [3.05, 3.63) is 59.4 Å². The molecule has 6 nitrogen and oxygen atoms in total. The molecule has 1 aromatic heterocycles. The van der Waals surface area contributed by atoms with E-state index in [4.69, 9.17) is 19.2 Å². The summed E-state index contributed by atoms with van der Waals surface area (Å²) in [6.45, 7) is 9.94. The van der Waals surface area contributed by atoms with Gasteiger partial charge in [0.2, 0.25) is 0 Å². The maximum Gasteiger partial charge on any atom is 0.311 e. The van der Waals surface area contributed by atoms with Crippen LogP contribution in [0.25, 0.3) is 11.0 Å². The minimum atomic E-state index is -0.639. The molecule has 0 bridgehead atoms. The Morgan fingerprint density at radius 1 is 1.16 bits per heavy atom. The van der Waals surface area contributed by atoms with E-state index in [1.807, 2.05) is 88.7 Å². The van der Waals surface area contributed by atoms with Gasteiger partial charge in [-0.2, -0.15) is 0 Å². The molecule has 3 aromatic rings. The maximum atomic E-state index is 12.9. The summed E-state index contributed by atoms with van der Waals surface area (Å²) in [5.74, 6) is 1.30. The number of ether oxygens (including phenoxy) is 3. The predicted molar refractivity (Wildman–Crippen MR) is 119 cm³/mol. The van der Waals surface area contributed by atoms with Gasteiger partial charge in [-0.05, 0) is 46.2 Å². The standard InChI is InChI=1S/C25H30N2O4/c1-7-29-22-17-13-14-18-19(26-15(2)27(18)6)21(17)30-20(16-11-9-8-10-12-16)23(22)31-24(28)25(3,4)5/h8-14,20,22-23H,7H2,1-6H3/t20-,22-,23-/m1/s1. The lowest BCUT2D eigenvalue weighted by Gasteiger charge is -2.39. The third-order valence-corrected chi connectivity index (χ3v) is 5.74. The largest absolute Gasteiger partial charge is 0.479 e. The fraction of sp³-hybridized carbons (Fsp3) is 0.440. The zero-order valence-electron chi connectivity index (χ0n) is 19.0. The average Bonchev–Trinajstić information content (AvgIpc) is 3.03. The molecule has 164 valence electrons. The molecule has 0 fully saturated rings. The van der Waals surface area contributed by atoms with Crippen molar-refractivity contribution in [3.8, 4) is 5.75 Å². The smallest absolute Gasteiger partial charge is 0.311 e. The third-order valence-electron chi connectivity index (χ3n) is 5.74. The highest BCUT2D eigenvalue weighted by Gasteiger charge is 2.45. The van der Waals surface area contributed by atoms with Gasteiger partial charge in [0.05, 0.1) is 10.9 Å². The molecule has 3 atom stereocenters. The van der Waals surface area contributed by atoms with Gasteiger partial charge >= 0.3 is 5.97 Å². The lowest BCUT2D eigenvalue weighted by molar-refractivity contribution is -0.180. The van der Waals surface area contributed by atoms with Crippen LogP contribution in [0.2, 0.25) is 0 Å². The Morgan fingerprint density at radius 3 is 2.52 bits per heavy atom. The topological polar surface area (TPSA) is 62.6 Å². The van der Waals surface area contributed by atoms with Gasteiger partial charge in [-0.3, -0.25) is 4.79 Å². The zero-order valence-corrected chi connectivity index (χ0v) is 19.0. The molecule has 2 aromatic carbocycles. The van der Waals surface area contributed by atoms with Gasteiger partial charge in [0.1, 0.15) is 17.4 Å². The molecule has 0 spiro atoms. The highest BCUT2D eigenvalue weighted by Crippen LogP contribution is 2.47. The summed E-state index contributed by atoms with van der Waals surface area (Å²) in [4.78, 5) is 17.6. The number of benzene rings is 2. The van der Waals surface area contributed by atoms with Crippen molar-refractivity contribution in [2.75, 3.05) is 6.61 Å². The maximum absolute atomic E-state index is 12.9. The van der Waals surface area contributed by atoms with E-state index < -0.39 is 23.7 Å². The fourth-order valence-electron chi connectivity index (χ4n) is 3.93. The molecular weight excluding hydrogens is 392 g/mol. The molecule has 0 saturated heterocycles. The Labute approximate surface area is 183 Å². The summed E-state index contributed by atoms with van der Waals surface area (Å²) >= 11 is 0. The Hall–Kier alpha value is -2.86. The van der Waals surface area contributed by atoms with Crippen LogP contribution in [0.4, 0.5) is 0 Å². The van der Waals surface area contributed by atoms with E-state index in [2.05, 4.69) is 0 Å². The first-order chi connectivity index (χ1) is 14.7. The SMILES string of the molecule is CCO[C@@H]1c2ccc3c(nc(C)n3C)c2O[C@H](c2ccccc2)[C@H]1OC(=O)C(C)(C)C. The van der Waals surface area contributed by atoms with Crippen molar-refractivity contribution in [2.24, 2.45) is 12.5 Å². The number of aromatic nitrogens is 2. The Balaban J connectivity index is 1.89. The van der Waals surface area contributed by atoms with E-state index in [-0.39, 0.29) is 5.97 Å². The number of hydrogen-bond donors (Lipinski definition) is 0. The molecule has 0 amide bonds. The third kappa shape index (κ3) is 3.81. The van der Waals surface area contributed by atoms with E-state index >= 15 is 0 Å². The molecule has 0 N–H and O–H groups in total. The molecule has 0 unspecified atom stereocenters. The monoisotopic (exact) mass is 422 g/mol. The van der Waals surface area contributed by atoms with Gasteiger partial charge in [0, 0.05) is 19.2 Å². The van der Waals surface area contributed by atoms with Crippen molar-refractivity contribution in [1.82, 2.24) is 9.55 Å². The number of esters is 1. The van der Waals surface area contributed by atoms with Crippen LogP contribution in [0.1, 0.15) is 56.9 Å². The second-order valence-electron chi connectivity index (χ2n) is 9.01. The summed E-state index contributed by atoms with van der Waals surface area (Å²) in [6, 6.07) is 13.9. The average molecular weight is 423 g/mol. The van der Waals surface area contributed by atoms with Crippen LogP contribution < -0.4 is 4.74 Å². The summed E-state index contributed by atoms with van der Waals surface area (Å²) in [7, 11) is 1.99. The minimum absolute atomic E-state index is 0.287. The molecule has 6 heteroatoms. The Kier molecular flexibility index (Phi) is 5.52. The van der Waals surface area contributed by atoms with Crippen LogP contribution in [0.3, 0.4) is 0 Å². The first-order valence-corrected chi connectivity index (χ1v) is 10.7. The second-order valence-corrected chi connectivity index (χ2v) is 9.01. The van der Waals surface area contributed by atoms with E-state index in [1.165, 1.54) is 0 Å². The lowest BCUT2D eigenvalue weighted by atomic mass is 9.90. The fourth-order valence-corrected chi connectivity index (χ4v) is 3.93. The second kappa shape index (κ2) is 8.00. The molecule has 0 aliphatic carbocycles. The molecular formula is C25H30N2O4. The number of nitrogens with zero attached hydrogens (tertiary/aromatic N) is 2. The molecule has 4 rings (SSSR count). The van der Waals surface area contributed by atoms with Crippen molar-refractivity contribution in [1.29, 1.82) is 0 Å². The number of hydrogen-bond acceptors (Lipinski definition) is 5. The number of rotatable bonds is 4. The number of aryl methyl sites for hydroxylation is 2. The molecule has 2 heterocycles. The predicted octanol–water partition coefficient (Wildman–Crippen LogP) is 5.05. The number of carbonyl (C=O) groups excluding carboxylic acids is 1. The molecule has 31 heavy (non-hydrogen) atoms. The number of imidazole rings is 1. The summed E-state index contributed by atoms with van der Waals surface area (Å²) in [5, 5.41) is 0. The van der Waals surface area contributed by atoms with Crippen molar-refractivity contribution < 1.29 is 19.0 Å². The van der Waals surface area contributed by atoms with Gasteiger partial charge in [0.15, 0.2) is 18.0 Å². The van der Waals surface area contributed by atoms with Crippen molar-refractivity contribution >= 4 is 17.0 Å². The minimum Gasteiger partial charge on any atom is -0.479 e. The van der Waals surface area contributed by atoms with Crippen LogP contribution in [0, 0.1) is 12.3 Å². The Morgan fingerprint density at radius 2 is 1.87 bits per heavy atom. The van der Waals surface area contributed by atoms with Gasteiger partial charge < -0.3 is 18.8 Å². The normalized spacial score (nSPS) is 20.9. The lowest BCUT2D eigenvalue weighted by Crippen LogP contribution is -2.41. The number of carbonyl (C=O) groups is 1. The van der Waals surface area contributed by atoms with Crippen molar-refractivity contribution in [2.45, 2.75) is 52.9 Å². The Bertz CT molecular complexity index is 1100. The molecule has 1 aliphatic rings. The van der Waals surface area contributed by atoms with E-state index in [9.17, 15) is 4.79 Å². The quantitative estimate of drug-likeness (QED) is 0.551. The van der Waals surface area contributed by atoms with E-state index in [0.717, 1.165) is 28.0 Å². The van der Waals surface area contributed by atoms with Gasteiger partial charge in [0.25, 0.3) is 0 Å². The van der Waals surface area contributed by atoms with E-state index in [0.29, 0.717) is 12.4 Å². The van der Waals surface area contributed by atoms with Crippen LogP contribution in [0.15, 0.2) is 42.5 Å². The summed E-state index contributed by atoms with van der Waals surface area (Å²) in [5.41, 5.74) is 2.92. The molecule has 0 radical (unpaired) electrons.